The highest BCUT2D eigenvalue weighted by Crippen LogP contribution is 2.76. The molecule has 87 heavy (non-hydrogen) atoms. The van der Waals surface area contributed by atoms with Crippen LogP contribution in [0.4, 0.5) is 0 Å². The number of rotatable bonds is 14. The minimum atomic E-state index is -2.12. The lowest BCUT2D eigenvalue weighted by molar-refractivity contribution is -0.396. The molecule has 5 heterocycles. The van der Waals surface area contributed by atoms with Crippen LogP contribution in [0.25, 0.3) is 0 Å². The molecule has 0 aromatic rings. The highest BCUT2D eigenvalue weighted by Gasteiger charge is 2.70. The van der Waals surface area contributed by atoms with Gasteiger partial charge in [0.05, 0.1) is 43.7 Å². The van der Waals surface area contributed by atoms with Crippen LogP contribution in [0.5, 0.6) is 0 Å². The third-order valence-corrected chi connectivity index (χ3v) is 23.9. The van der Waals surface area contributed by atoms with Gasteiger partial charge in [-0.25, -0.2) is 4.79 Å². The number of carbonyl (C=O) groups is 1. The zero-order chi connectivity index (χ0) is 63.7. The number of aliphatic hydroxyl groups is 14. The van der Waals surface area contributed by atoms with Crippen molar-refractivity contribution in [3.05, 3.63) is 11.6 Å². The fraction of sp³-hybridized carbons (Fsp3) is 0.951. The van der Waals surface area contributed by atoms with Crippen molar-refractivity contribution in [3.63, 3.8) is 0 Å². The second-order valence-electron chi connectivity index (χ2n) is 29.4. The first-order valence-corrected chi connectivity index (χ1v) is 31.5. The van der Waals surface area contributed by atoms with Crippen molar-refractivity contribution >= 4 is 5.97 Å². The Hall–Kier alpha value is -1.75. The summed E-state index contributed by atoms with van der Waals surface area (Å²) in [6, 6.07) is 0. The van der Waals surface area contributed by atoms with Gasteiger partial charge in [-0.1, -0.05) is 67.0 Å². The lowest BCUT2D eigenvalue weighted by Crippen LogP contribution is -2.68. The van der Waals surface area contributed by atoms with Crippen molar-refractivity contribution < 1.29 is 129 Å². The Labute approximate surface area is 507 Å². The molecule has 0 spiro atoms. The Morgan fingerprint density at radius 1 is 0.517 bits per heavy atom. The highest BCUT2D eigenvalue weighted by atomic mass is 16.8. The van der Waals surface area contributed by atoms with Crippen LogP contribution in [-0.4, -0.2) is 262 Å². The Kier molecular flexibility index (Phi) is 19.5. The predicted molar refractivity (Wildman–Crippen MR) is 298 cm³/mol. The van der Waals surface area contributed by atoms with Crippen LogP contribution >= 0.6 is 0 Å². The first-order valence-electron chi connectivity index (χ1n) is 31.5. The van der Waals surface area contributed by atoms with Gasteiger partial charge in [0.2, 0.25) is 0 Å². The fourth-order valence-electron chi connectivity index (χ4n) is 18.2. The zero-order valence-electron chi connectivity index (χ0n) is 51.6. The second-order valence-corrected chi connectivity index (χ2v) is 29.4. The summed E-state index contributed by atoms with van der Waals surface area (Å²) in [5.41, 5.74) is -1.35. The third-order valence-electron chi connectivity index (χ3n) is 23.9. The number of carboxylic acids is 1. The Morgan fingerprint density at radius 3 is 1.62 bits per heavy atom. The molecular formula is C61H100O26. The zero-order valence-corrected chi connectivity index (χ0v) is 51.6. The molecule has 0 aromatic heterocycles. The molecule has 9 fully saturated rings. The van der Waals surface area contributed by atoms with Gasteiger partial charge >= 0.3 is 5.97 Å². The topological polar surface area (TPSA) is 413 Å². The summed E-state index contributed by atoms with van der Waals surface area (Å²) >= 11 is 0. The number of aliphatic hydroxyl groups excluding tert-OH is 14. The van der Waals surface area contributed by atoms with E-state index in [1.165, 1.54) is 12.5 Å². The van der Waals surface area contributed by atoms with Crippen LogP contribution in [0.2, 0.25) is 0 Å². The highest BCUT2D eigenvalue weighted by molar-refractivity contribution is 5.73. The van der Waals surface area contributed by atoms with Gasteiger partial charge in [0.25, 0.3) is 0 Å². The van der Waals surface area contributed by atoms with Crippen molar-refractivity contribution in [2.75, 3.05) is 13.2 Å². The molecule has 0 bridgehead atoms. The number of hydrogen-bond donors (Lipinski definition) is 15. The van der Waals surface area contributed by atoms with Gasteiger partial charge in [-0.05, 0) is 117 Å². The molecule has 4 saturated carbocycles. The molecule has 26 heteroatoms. The number of ether oxygens (including phenoxy) is 10. The molecule has 26 nitrogen and oxygen atoms in total. The van der Waals surface area contributed by atoms with Gasteiger partial charge in [-0.3, -0.25) is 0 Å². The van der Waals surface area contributed by atoms with Crippen LogP contribution in [0.3, 0.4) is 0 Å². The van der Waals surface area contributed by atoms with Crippen LogP contribution in [0.15, 0.2) is 11.6 Å². The molecule has 0 aromatic carbocycles. The standard InChI is InChI=1S/C61H100O26/c1-11-28-36(66)39(69)45(75)52(80-28)86-47-40(70)35(65)25(3)79-53(47)83-33-21-56(4,5)20-27-26-12-13-31-58(7)16-15-32(59(8,23-63)30(58)14-17-61(31,10)60(26,9)19-18-57(27,33)6)82-55-49(43(73)42(72)46(84-55)50(76)77)87-54-48(41(71)37(67)29(22-62)81-54)85-51-44(74)38(68)34(64)24(2)78-51/h12,24-25,27-49,51-55,62-75H,11,13-23H2,1-10H3,(H,76,77)/t24-,25-,27-,28+,29+,30+,31+,32-,33+,34-,35-,36+,37-,38+,39-,40+,41-,42-,43-,44+,45+,46-,47+,48+,49+,51-,52-,53-,54-,55+,57+,58-,59+,60+,61+/m0/s1. The second kappa shape index (κ2) is 24.9. The summed E-state index contributed by atoms with van der Waals surface area (Å²) < 4.78 is 62.1. The van der Waals surface area contributed by atoms with Crippen molar-refractivity contribution in [1.82, 2.24) is 0 Å². The summed E-state index contributed by atoms with van der Waals surface area (Å²) in [6.07, 6.45) is -32.9. The van der Waals surface area contributed by atoms with E-state index in [-0.39, 0.29) is 40.6 Å². The van der Waals surface area contributed by atoms with Gasteiger partial charge in [-0.15, -0.1) is 0 Å². The number of carboxylic acid groups (broad SMARTS) is 1. The first-order chi connectivity index (χ1) is 40.7. The van der Waals surface area contributed by atoms with Crippen LogP contribution < -0.4 is 0 Å². The summed E-state index contributed by atoms with van der Waals surface area (Å²) in [6.45, 7) is 19.3. The molecule has 10 aliphatic rings. The smallest absolute Gasteiger partial charge is 0.335 e. The largest absolute Gasteiger partial charge is 0.479 e. The monoisotopic (exact) mass is 1250 g/mol. The third kappa shape index (κ3) is 11.3. The Bertz CT molecular complexity index is 2440. The quantitative estimate of drug-likeness (QED) is 0.0717. The SMILES string of the molecule is CC[C@H]1O[C@@H](O[C@H]2[C@H](O[C@@H]3CC(C)(C)C[C@H]4C5=CC[C@@H]6[C@@]7(C)CC[C@H](O[C@@H]8O[C@H](C(=O)O)[C@@H](O)[C@H](O)[C@H]8O[C@@H]8O[C@H](CO)[C@H](O)[C@H](O)[C@H]8O[C@@H]8O[C@@H](C)[C@H](O)[C@@H](O)[C@H]8O)[C@](C)(CO)[C@@H]7CC[C@@]6(C)[C@]5(C)CC[C@@]34C)O[C@@H](C)[C@H](O)[C@H]2O)[C@H](O)[C@@H](O)[C@@H]1O. The average Bonchev–Trinajstić information content (AvgIpc) is 0.681. The number of fused-ring (bicyclic) bond motifs is 7. The molecule has 0 amide bonds. The fourth-order valence-corrected chi connectivity index (χ4v) is 18.2. The van der Waals surface area contributed by atoms with E-state index in [9.17, 15) is 81.4 Å². The number of allylic oxidation sites excluding steroid dienone is 2. The van der Waals surface area contributed by atoms with Crippen molar-refractivity contribution in [3.8, 4) is 0 Å². The van der Waals surface area contributed by atoms with Gasteiger partial charge in [0.1, 0.15) is 97.7 Å². The van der Waals surface area contributed by atoms with E-state index in [0.29, 0.717) is 32.1 Å². The average molecular weight is 1250 g/mol. The van der Waals surface area contributed by atoms with Crippen molar-refractivity contribution in [2.24, 2.45) is 50.2 Å². The number of aliphatic carboxylic acids is 1. The van der Waals surface area contributed by atoms with Gasteiger partial charge in [0.15, 0.2) is 37.6 Å². The Morgan fingerprint density at radius 2 is 1.02 bits per heavy atom. The van der Waals surface area contributed by atoms with Crippen LogP contribution in [-0.2, 0) is 52.2 Å². The first kappa shape index (κ1) is 68.1. The van der Waals surface area contributed by atoms with E-state index >= 15 is 0 Å². The van der Waals surface area contributed by atoms with Gasteiger partial charge in [-0.2, -0.15) is 0 Å². The maximum absolute atomic E-state index is 12.7. The van der Waals surface area contributed by atoms with Crippen LogP contribution in [0.1, 0.15) is 133 Å². The molecule has 5 saturated heterocycles. The summed E-state index contributed by atoms with van der Waals surface area (Å²) in [5, 5.41) is 165. The van der Waals surface area contributed by atoms with E-state index in [4.69, 9.17) is 47.4 Å². The molecule has 5 aliphatic carbocycles. The van der Waals surface area contributed by atoms with Gasteiger partial charge < -0.3 is 124 Å². The molecule has 10 rings (SSSR count). The molecule has 0 unspecified atom stereocenters. The van der Waals surface area contributed by atoms with Gasteiger partial charge in [0, 0.05) is 10.8 Å². The van der Waals surface area contributed by atoms with Crippen molar-refractivity contribution in [1.29, 1.82) is 0 Å². The predicted octanol–water partition coefficient (Wildman–Crippen LogP) is -1.20. The minimum absolute atomic E-state index is 0.0390. The maximum atomic E-state index is 12.7. The maximum Gasteiger partial charge on any atom is 0.335 e. The summed E-state index contributed by atoms with van der Waals surface area (Å²) in [4.78, 5) is 12.7. The minimum Gasteiger partial charge on any atom is -0.479 e. The molecule has 0 radical (unpaired) electrons. The molecule has 500 valence electrons. The van der Waals surface area contributed by atoms with E-state index in [1.807, 2.05) is 6.92 Å². The van der Waals surface area contributed by atoms with Crippen LogP contribution in [0, 0.1) is 50.2 Å². The lowest BCUT2D eigenvalue weighted by Gasteiger charge is -2.72. The molecule has 5 aliphatic heterocycles. The van der Waals surface area contributed by atoms with E-state index in [1.54, 1.807) is 13.8 Å². The summed E-state index contributed by atoms with van der Waals surface area (Å²) in [7, 11) is 0. The molecular weight excluding hydrogens is 1150 g/mol. The normalized spacial score (nSPS) is 56.0. The lowest BCUT2D eigenvalue weighted by atomic mass is 9.33. The Balaban J connectivity index is 0.902. The van der Waals surface area contributed by atoms with E-state index < -0.39 is 195 Å². The summed E-state index contributed by atoms with van der Waals surface area (Å²) in [5.74, 6) is -1.69. The van der Waals surface area contributed by atoms with E-state index in [0.717, 1.165) is 32.1 Å². The van der Waals surface area contributed by atoms with Crippen molar-refractivity contribution in [2.45, 2.75) is 299 Å². The molecule has 35 atom stereocenters. The van der Waals surface area contributed by atoms with E-state index in [2.05, 4.69) is 47.6 Å². The molecule has 15 N–H and O–H groups in total. The number of hydrogen-bond acceptors (Lipinski definition) is 25.